The molecule has 0 saturated heterocycles. The standard InChI is InChI=1S/C20H22N8OS/c1-26-14-22-25-20(26)30-19-5-4-16(29-19)13-27-8-6-17-23-24-18(28(17)10-9-27)11-15-3-2-7-21-12-15/h2-5,7,12,14H,6,8-11,13H2,1H3. The van der Waals surface area contributed by atoms with E-state index in [0.29, 0.717) is 0 Å². The summed E-state index contributed by atoms with van der Waals surface area (Å²) < 4.78 is 10.1. The Balaban J connectivity index is 1.22. The van der Waals surface area contributed by atoms with E-state index in [4.69, 9.17) is 4.42 Å². The average Bonchev–Trinajstić information content (AvgIpc) is 3.43. The van der Waals surface area contributed by atoms with Crippen molar-refractivity contribution in [1.82, 2.24) is 39.4 Å². The molecule has 4 aromatic heterocycles. The molecule has 0 radical (unpaired) electrons. The van der Waals surface area contributed by atoms with Crippen LogP contribution < -0.4 is 0 Å². The predicted molar refractivity (Wildman–Crippen MR) is 110 cm³/mol. The summed E-state index contributed by atoms with van der Waals surface area (Å²) in [6.45, 7) is 3.50. The van der Waals surface area contributed by atoms with Crippen molar-refractivity contribution >= 4 is 11.8 Å². The lowest BCUT2D eigenvalue weighted by molar-refractivity contribution is 0.241. The number of rotatable bonds is 6. The van der Waals surface area contributed by atoms with Crippen LogP contribution in [-0.2, 0) is 33.0 Å². The molecule has 4 aromatic rings. The number of fused-ring (bicyclic) bond motifs is 1. The van der Waals surface area contributed by atoms with Crippen LogP contribution in [0.2, 0.25) is 0 Å². The van der Waals surface area contributed by atoms with Crippen LogP contribution in [0.25, 0.3) is 0 Å². The van der Waals surface area contributed by atoms with Crippen molar-refractivity contribution in [2.45, 2.75) is 36.2 Å². The Bertz CT molecular complexity index is 1120. The molecule has 0 N–H and O–H groups in total. The molecule has 5 rings (SSSR count). The molecule has 0 amide bonds. The first-order valence-electron chi connectivity index (χ1n) is 9.87. The average molecular weight is 423 g/mol. The van der Waals surface area contributed by atoms with Crippen LogP contribution in [0.4, 0.5) is 0 Å². The second-order valence-electron chi connectivity index (χ2n) is 7.30. The highest BCUT2D eigenvalue weighted by Crippen LogP contribution is 2.27. The Kier molecular flexibility index (Phi) is 5.33. The molecule has 0 spiro atoms. The van der Waals surface area contributed by atoms with Gasteiger partial charge in [-0.05, 0) is 35.5 Å². The van der Waals surface area contributed by atoms with Crippen molar-refractivity contribution in [2.24, 2.45) is 7.05 Å². The number of pyridine rings is 1. The van der Waals surface area contributed by atoms with E-state index in [9.17, 15) is 0 Å². The Morgan fingerprint density at radius 2 is 2.07 bits per heavy atom. The highest BCUT2D eigenvalue weighted by atomic mass is 32.2. The summed E-state index contributed by atoms with van der Waals surface area (Å²) in [5, 5.41) is 18.5. The third-order valence-corrected chi connectivity index (χ3v) is 6.13. The summed E-state index contributed by atoms with van der Waals surface area (Å²) in [5.41, 5.74) is 1.15. The van der Waals surface area contributed by atoms with Crippen LogP contribution in [0.15, 0.2) is 57.7 Å². The maximum atomic E-state index is 6.02. The van der Waals surface area contributed by atoms with Gasteiger partial charge in [-0.3, -0.25) is 9.88 Å². The summed E-state index contributed by atoms with van der Waals surface area (Å²) in [4.78, 5) is 6.60. The second-order valence-corrected chi connectivity index (χ2v) is 8.27. The summed E-state index contributed by atoms with van der Waals surface area (Å²) in [7, 11) is 1.92. The van der Waals surface area contributed by atoms with Gasteiger partial charge in [0.2, 0.25) is 0 Å². The van der Waals surface area contributed by atoms with E-state index < -0.39 is 0 Å². The molecule has 0 unspecified atom stereocenters. The number of furan rings is 1. The quantitative estimate of drug-likeness (QED) is 0.467. The Morgan fingerprint density at radius 1 is 1.10 bits per heavy atom. The van der Waals surface area contributed by atoms with Crippen LogP contribution in [0.3, 0.4) is 0 Å². The molecule has 0 fully saturated rings. The molecule has 0 aromatic carbocycles. The molecular weight excluding hydrogens is 400 g/mol. The van der Waals surface area contributed by atoms with Gasteiger partial charge in [0.05, 0.1) is 6.54 Å². The zero-order valence-corrected chi connectivity index (χ0v) is 17.5. The van der Waals surface area contributed by atoms with E-state index in [1.54, 1.807) is 12.5 Å². The van der Waals surface area contributed by atoms with Gasteiger partial charge in [-0.1, -0.05) is 6.07 Å². The third kappa shape index (κ3) is 4.14. The fourth-order valence-electron chi connectivity index (χ4n) is 3.57. The number of aromatic nitrogens is 7. The monoisotopic (exact) mass is 422 g/mol. The third-order valence-electron chi connectivity index (χ3n) is 5.16. The number of hydrogen-bond donors (Lipinski definition) is 0. The van der Waals surface area contributed by atoms with Gasteiger partial charge in [-0.2, -0.15) is 0 Å². The minimum absolute atomic E-state index is 0.752. The molecule has 0 aliphatic carbocycles. The van der Waals surface area contributed by atoms with E-state index >= 15 is 0 Å². The van der Waals surface area contributed by atoms with Gasteiger partial charge in [0.15, 0.2) is 10.2 Å². The topological polar surface area (TPSA) is 90.7 Å². The minimum atomic E-state index is 0.752. The zero-order valence-electron chi connectivity index (χ0n) is 16.7. The second kappa shape index (κ2) is 8.41. The minimum Gasteiger partial charge on any atom is -0.453 e. The molecule has 1 aliphatic rings. The van der Waals surface area contributed by atoms with E-state index in [1.807, 2.05) is 36.0 Å². The van der Waals surface area contributed by atoms with E-state index in [0.717, 1.165) is 72.2 Å². The first kappa shape index (κ1) is 19.0. The van der Waals surface area contributed by atoms with Gasteiger partial charge in [-0.15, -0.1) is 20.4 Å². The van der Waals surface area contributed by atoms with Gasteiger partial charge in [0, 0.05) is 51.9 Å². The zero-order chi connectivity index (χ0) is 20.3. The van der Waals surface area contributed by atoms with Gasteiger partial charge in [0.25, 0.3) is 0 Å². The van der Waals surface area contributed by atoms with Crippen molar-refractivity contribution < 1.29 is 4.42 Å². The van der Waals surface area contributed by atoms with Gasteiger partial charge < -0.3 is 13.6 Å². The Morgan fingerprint density at radius 3 is 2.90 bits per heavy atom. The molecule has 30 heavy (non-hydrogen) atoms. The van der Waals surface area contributed by atoms with Crippen LogP contribution in [-0.4, -0.2) is 52.5 Å². The molecule has 0 saturated carbocycles. The smallest absolute Gasteiger partial charge is 0.198 e. The lowest BCUT2D eigenvalue weighted by Crippen LogP contribution is -2.26. The maximum absolute atomic E-state index is 6.02. The van der Waals surface area contributed by atoms with Crippen LogP contribution >= 0.6 is 11.8 Å². The van der Waals surface area contributed by atoms with Crippen molar-refractivity contribution in [3.05, 3.63) is 66.0 Å². The van der Waals surface area contributed by atoms with Crippen molar-refractivity contribution in [1.29, 1.82) is 0 Å². The van der Waals surface area contributed by atoms with Gasteiger partial charge in [0.1, 0.15) is 23.7 Å². The first-order valence-corrected chi connectivity index (χ1v) is 10.7. The molecule has 9 nitrogen and oxygen atoms in total. The van der Waals surface area contributed by atoms with Gasteiger partial charge >= 0.3 is 0 Å². The SMILES string of the molecule is Cn1cnnc1Sc1ccc(CN2CCc3nnc(Cc4cccnc4)n3CC2)o1. The van der Waals surface area contributed by atoms with Crippen molar-refractivity contribution in [2.75, 3.05) is 13.1 Å². The van der Waals surface area contributed by atoms with Crippen molar-refractivity contribution in [3.63, 3.8) is 0 Å². The van der Waals surface area contributed by atoms with Crippen LogP contribution in [0.1, 0.15) is 23.0 Å². The first-order chi connectivity index (χ1) is 14.7. The predicted octanol–water partition coefficient (Wildman–Crippen LogP) is 2.19. The molecular formula is C20H22N8OS. The largest absolute Gasteiger partial charge is 0.453 e. The lowest BCUT2D eigenvalue weighted by atomic mass is 10.2. The fraction of sp³-hybridized carbons (Fsp3) is 0.350. The van der Waals surface area contributed by atoms with E-state index in [2.05, 4.69) is 40.9 Å². The summed E-state index contributed by atoms with van der Waals surface area (Å²) in [6, 6.07) is 8.06. The summed E-state index contributed by atoms with van der Waals surface area (Å²) in [5.74, 6) is 3.00. The van der Waals surface area contributed by atoms with Crippen LogP contribution in [0.5, 0.6) is 0 Å². The highest BCUT2D eigenvalue weighted by Gasteiger charge is 2.20. The summed E-state index contributed by atoms with van der Waals surface area (Å²) >= 11 is 1.48. The summed E-state index contributed by atoms with van der Waals surface area (Å²) in [6.07, 6.45) is 6.99. The number of hydrogen-bond acceptors (Lipinski definition) is 8. The Labute approximate surface area is 178 Å². The van der Waals surface area contributed by atoms with Crippen LogP contribution in [0, 0.1) is 0 Å². The molecule has 0 atom stereocenters. The fourth-order valence-corrected chi connectivity index (χ4v) is 4.32. The maximum Gasteiger partial charge on any atom is 0.198 e. The normalized spacial score (nSPS) is 14.6. The van der Waals surface area contributed by atoms with Gasteiger partial charge in [-0.25, -0.2) is 0 Å². The van der Waals surface area contributed by atoms with Crippen molar-refractivity contribution in [3.8, 4) is 0 Å². The number of nitrogens with zero attached hydrogens (tertiary/aromatic N) is 8. The lowest BCUT2D eigenvalue weighted by Gasteiger charge is -2.18. The molecule has 5 heterocycles. The highest BCUT2D eigenvalue weighted by molar-refractivity contribution is 7.99. The molecule has 1 aliphatic heterocycles. The van der Waals surface area contributed by atoms with E-state index in [1.165, 1.54) is 11.8 Å². The molecule has 0 bridgehead atoms. The van der Waals surface area contributed by atoms with E-state index in [-0.39, 0.29) is 0 Å². The Hall–Kier alpha value is -2.98. The number of aryl methyl sites for hydroxylation is 1. The molecule has 154 valence electrons. The molecule has 10 heteroatoms.